The van der Waals surface area contributed by atoms with Gasteiger partial charge in [-0.3, -0.25) is 9.59 Å². The summed E-state index contributed by atoms with van der Waals surface area (Å²) < 4.78 is 17.9. The Hall–Kier alpha value is -3.03. The molecule has 0 bridgehead atoms. The molecule has 0 unspecified atom stereocenters. The summed E-state index contributed by atoms with van der Waals surface area (Å²) in [5.74, 6) is 0.832. The van der Waals surface area contributed by atoms with Gasteiger partial charge in [-0.25, -0.2) is 4.68 Å². The highest BCUT2D eigenvalue weighted by Crippen LogP contribution is 2.45. The normalized spacial score (nSPS) is 16.2. The number of nitrogens with zero attached hydrogens (tertiary/aromatic N) is 2. The minimum Gasteiger partial charge on any atom is -0.493 e. The molecular weight excluding hydrogens is 362 g/mol. The van der Waals surface area contributed by atoms with Crippen LogP contribution in [0.15, 0.2) is 18.3 Å². The van der Waals surface area contributed by atoms with Crippen molar-refractivity contribution in [2.24, 2.45) is 0 Å². The van der Waals surface area contributed by atoms with Crippen molar-refractivity contribution >= 4 is 17.7 Å². The maximum Gasteiger partial charge on any atom is 0.308 e. The first kappa shape index (κ1) is 19.7. The van der Waals surface area contributed by atoms with E-state index >= 15 is 0 Å². The molecule has 0 aliphatic carbocycles. The SMILES string of the molecule is COc1cc([C@@H]2CC(=O)Nc3c2cnn3C(C)(C)C)cc(OC)c1OC(C)=O. The van der Waals surface area contributed by atoms with E-state index in [-0.39, 0.29) is 29.5 Å². The van der Waals surface area contributed by atoms with E-state index in [4.69, 9.17) is 14.2 Å². The molecule has 1 aliphatic heterocycles. The highest BCUT2D eigenvalue weighted by Gasteiger charge is 2.33. The molecule has 8 heteroatoms. The van der Waals surface area contributed by atoms with Crippen molar-refractivity contribution in [3.8, 4) is 17.2 Å². The number of methoxy groups -OCH3 is 2. The van der Waals surface area contributed by atoms with Crippen LogP contribution in [0.5, 0.6) is 17.2 Å². The number of esters is 1. The summed E-state index contributed by atoms with van der Waals surface area (Å²) in [4.78, 5) is 23.9. The summed E-state index contributed by atoms with van der Waals surface area (Å²) in [7, 11) is 2.98. The Balaban J connectivity index is 2.13. The second-order valence-corrected chi connectivity index (χ2v) is 7.68. The van der Waals surface area contributed by atoms with Gasteiger partial charge in [-0.1, -0.05) is 0 Å². The molecule has 28 heavy (non-hydrogen) atoms. The van der Waals surface area contributed by atoms with E-state index in [0.717, 1.165) is 11.1 Å². The van der Waals surface area contributed by atoms with Gasteiger partial charge in [0.2, 0.25) is 11.7 Å². The number of aromatic nitrogens is 2. The van der Waals surface area contributed by atoms with Gasteiger partial charge in [0.05, 0.1) is 26.0 Å². The summed E-state index contributed by atoms with van der Waals surface area (Å²) in [6.45, 7) is 7.38. The Morgan fingerprint density at radius 1 is 1.21 bits per heavy atom. The van der Waals surface area contributed by atoms with Crippen molar-refractivity contribution in [3.63, 3.8) is 0 Å². The molecule has 0 spiro atoms. The second kappa shape index (κ2) is 7.18. The van der Waals surface area contributed by atoms with Crippen LogP contribution in [0.3, 0.4) is 0 Å². The second-order valence-electron chi connectivity index (χ2n) is 7.68. The number of nitrogens with one attached hydrogen (secondary N) is 1. The van der Waals surface area contributed by atoms with Crippen LogP contribution in [-0.2, 0) is 15.1 Å². The van der Waals surface area contributed by atoms with Crippen molar-refractivity contribution in [3.05, 3.63) is 29.5 Å². The van der Waals surface area contributed by atoms with Crippen LogP contribution in [0.2, 0.25) is 0 Å². The van der Waals surface area contributed by atoms with Crippen molar-refractivity contribution in [2.75, 3.05) is 19.5 Å². The number of fused-ring (bicyclic) bond motifs is 1. The fourth-order valence-corrected chi connectivity index (χ4v) is 3.37. The van der Waals surface area contributed by atoms with Crippen molar-refractivity contribution in [1.82, 2.24) is 9.78 Å². The van der Waals surface area contributed by atoms with Crippen molar-refractivity contribution < 1.29 is 23.8 Å². The zero-order valence-electron chi connectivity index (χ0n) is 17.0. The number of hydrogen-bond acceptors (Lipinski definition) is 6. The first-order valence-corrected chi connectivity index (χ1v) is 8.98. The number of benzene rings is 1. The van der Waals surface area contributed by atoms with E-state index in [9.17, 15) is 9.59 Å². The van der Waals surface area contributed by atoms with Gasteiger partial charge in [-0.2, -0.15) is 5.10 Å². The van der Waals surface area contributed by atoms with Crippen LogP contribution < -0.4 is 19.5 Å². The summed E-state index contributed by atoms with van der Waals surface area (Å²) >= 11 is 0. The van der Waals surface area contributed by atoms with Gasteiger partial charge in [0, 0.05) is 24.8 Å². The van der Waals surface area contributed by atoms with Crippen LogP contribution in [0, 0.1) is 0 Å². The lowest BCUT2D eigenvalue weighted by atomic mass is 9.87. The average Bonchev–Trinajstić information content (AvgIpc) is 3.04. The predicted octanol–water partition coefficient (Wildman–Crippen LogP) is 3.05. The molecule has 1 aromatic carbocycles. The number of anilines is 1. The summed E-state index contributed by atoms with van der Waals surface area (Å²) in [6, 6.07) is 3.53. The van der Waals surface area contributed by atoms with Crippen LogP contribution in [0.1, 0.15) is 51.2 Å². The Kier molecular flexibility index (Phi) is 5.06. The fourth-order valence-electron chi connectivity index (χ4n) is 3.37. The molecule has 0 saturated heterocycles. The molecule has 1 aromatic heterocycles. The lowest BCUT2D eigenvalue weighted by molar-refractivity contribution is -0.132. The van der Waals surface area contributed by atoms with E-state index < -0.39 is 5.97 Å². The number of hydrogen-bond donors (Lipinski definition) is 1. The molecule has 0 fully saturated rings. The molecule has 0 radical (unpaired) electrons. The summed E-state index contributed by atoms with van der Waals surface area (Å²) in [6.07, 6.45) is 2.05. The Morgan fingerprint density at radius 3 is 2.32 bits per heavy atom. The minimum absolute atomic E-state index is 0.0921. The first-order chi connectivity index (χ1) is 13.2. The monoisotopic (exact) mass is 387 g/mol. The van der Waals surface area contributed by atoms with E-state index in [0.29, 0.717) is 17.3 Å². The van der Waals surface area contributed by atoms with E-state index in [1.165, 1.54) is 21.1 Å². The number of amides is 1. The summed E-state index contributed by atoms with van der Waals surface area (Å²) in [5, 5.41) is 7.43. The van der Waals surface area contributed by atoms with Crippen LogP contribution in [-0.4, -0.2) is 35.9 Å². The lowest BCUT2D eigenvalue weighted by Gasteiger charge is -2.28. The molecule has 1 atom stereocenters. The summed E-state index contributed by atoms with van der Waals surface area (Å²) in [5.41, 5.74) is 1.45. The van der Waals surface area contributed by atoms with Gasteiger partial charge in [0.25, 0.3) is 0 Å². The Bertz CT molecular complexity index is 901. The third-order valence-corrected chi connectivity index (χ3v) is 4.59. The topological polar surface area (TPSA) is 91.7 Å². The first-order valence-electron chi connectivity index (χ1n) is 8.98. The number of carbonyl (C=O) groups is 2. The zero-order chi connectivity index (χ0) is 20.6. The Labute approximate surface area is 163 Å². The van der Waals surface area contributed by atoms with Gasteiger partial charge in [0.15, 0.2) is 11.5 Å². The molecule has 2 heterocycles. The Morgan fingerprint density at radius 2 is 1.82 bits per heavy atom. The average molecular weight is 387 g/mol. The van der Waals surface area contributed by atoms with Crippen LogP contribution in [0.25, 0.3) is 0 Å². The molecule has 2 aromatic rings. The van der Waals surface area contributed by atoms with Crippen LogP contribution >= 0.6 is 0 Å². The predicted molar refractivity (Wildman–Crippen MR) is 103 cm³/mol. The molecule has 150 valence electrons. The third-order valence-electron chi connectivity index (χ3n) is 4.59. The highest BCUT2D eigenvalue weighted by atomic mass is 16.6. The van der Waals surface area contributed by atoms with Gasteiger partial charge in [-0.15, -0.1) is 0 Å². The van der Waals surface area contributed by atoms with Crippen molar-refractivity contribution in [1.29, 1.82) is 0 Å². The lowest BCUT2D eigenvalue weighted by Crippen LogP contribution is -2.30. The zero-order valence-corrected chi connectivity index (χ0v) is 17.0. The van der Waals surface area contributed by atoms with E-state index in [1.54, 1.807) is 18.3 Å². The molecule has 0 saturated carbocycles. The fraction of sp³-hybridized carbons (Fsp3) is 0.450. The van der Waals surface area contributed by atoms with Crippen LogP contribution in [0.4, 0.5) is 5.82 Å². The minimum atomic E-state index is -0.477. The maximum absolute atomic E-state index is 12.4. The van der Waals surface area contributed by atoms with E-state index in [2.05, 4.69) is 10.4 Å². The maximum atomic E-state index is 12.4. The number of rotatable bonds is 4. The van der Waals surface area contributed by atoms with Crippen molar-refractivity contribution in [2.45, 2.75) is 45.6 Å². The molecule has 1 aliphatic rings. The largest absolute Gasteiger partial charge is 0.493 e. The third kappa shape index (κ3) is 3.54. The van der Waals surface area contributed by atoms with Gasteiger partial charge in [0.1, 0.15) is 5.82 Å². The van der Waals surface area contributed by atoms with E-state index in [1.807, 2.05) is 25.5 Å². The molecule has 1 amide bonds. The van der Waals surface area contributed by atoms with Gasteiger partial charge >= 0.3 is 5.97 Å². The molecule has 8 nitrogen and oxygen atoms in total. The quantitative estimate of drug-likeness (QED) is 0.640. The number of ether oxygens (including phenoxy) is 3. The molecule has 3 rings (SSSR count). The van der Waals surface area contributed by atoms with Gasteiger partial charge < -0.3 is 19.5 Å². The molecular formula is C20H25N3O5. The number of carbonyl (C=O) groups excluding carboxylic acids is 2. The standard InChI is InChI=1S/C20H25N3O5/c1-11(24)28-18-15(26-5)7-12(8-16(18)27-6)13-9-17(25)22-19-14(13)10-21-23(19)20(2,3)4/h7-8,10,13H,9H2,1-6H3,(H,22,25)/t13-/m0/s1. The molecule has 1 N–H and O–H groups in total. The highest BCUT2D eigenvalue weighted by molar-refractivity contribution is 5.94. The van der Waals surface area contributed by atoms with Gasteiger partial charge in [-0.05, 0) is 38.5 Å². The smallest absolute Gasteiger partial charge is 0.308 e.